The second-order valence-corrected chi connectivity index (χ2v) is 10.8. The molecular formula is C18H21ClN2O4S2. The Morgan fingerprint density at radius 2 is 1.74 bits per heavy atom. The molecule has 1 heterocycles. The first-order chi connectivity index (χ1) is 12.5. The van der Waals surface area contributed by atoms with Crippen LogP contribution in [0.2, 0.25) is 5.02 Å². The van der Waals surface area contributed by atoms with Crippen molar-refractivity contribution in [2.75, 3.05) is 21.3 Å². The van der Waals surface area contributed by atoms with Gasteiger partial charge in [-0.3, -0.25) is 9.03 Å². The molecule has 0 amide bonds. The van der Waals surface area contributed by atoms with E-state index in [4.69, 9.17) is 11.6 Å². The molecule has 1 aliphatic rings. The number of anilines is 2. The van der Waals surface area contributed by atoms with Gasteiger partial charge in [0.25, 0.3) is 10.0 Å². The number of benzene rings is 2. The van der Waals surface area contributed by atoms with Crippen LogP contribution in [0.1, 0.15) is 23.1 Å². The number of rotatable bonds is 4. The van der Waals surface area contributed by atoms with Crippen molar-refractivity contribution in [3.05, 3.63) is 52.0 Å². The highest BCUT2D eigenvalue weighted by molar-refractivity contribution is 7.93. The van der Waals surface area contributed by atoms with Crippen LogP contribution in [0.15, 0.2) is 35.2 Å². The third kappa shape index (κ3) is 3.93. The van der Waals surface area contributed by atoms with Gasteiger partial charge in [-0.1, -0.05) is 17.7 Å². The quantitative estimate of drug-likeness (QED) is 0.806. The van der Waals surface area contributed by atoms with E-state index in [9.17, 15) is 16.8 Å². The van der Waals surface area contributed by atoms with Crippen LogP contribution in [0, 0.1) is 20.8 Å². The van der Waals surface area contributed by atoms with Crippen molar-refractivity contribution < 1.29 is 16.8 Å². The number of sulfonamides is 2. The van der Waals surface area contributed by atoms with Crippen molar-refractivity contribution in [3.63, 3.8) is 0 Å². The first-order valence-corrected chi connectivity index (χ1v) is 11.9. The van der Waals surface area contributed by atoms with Gasteiger partial charge in [0.2, 0.25) is 10.0 Å². The Balaban J connectivity index is 2.00. The summed E-state index contributed by atoms with van der Waals surface area (Å²) in [5.74, 6) is 0.102. The fourth-order valence-electron chi connectivity index (χ4n) is 3.05. The summed E-state index contributed by atoms with van der Waals surface area (Å²) >= 11 is 6.06. The minimum Gasteiger partial charge on any atom is -0.279 e. The number of nitrogens with zero attached hydrogens (tertiary/aromatic N) is 1. The van der Waals surface area contributed by atoms with Gasteiger partial charge < -0.3 is 0 Å². The summed E-state index contributed by atoms with van der Waals surface area (Å²) in [5, 5.41) is 0.504. The van der Waals surface area contributed by atoms with E-state index in [1.165, 1.54) is 10.4 Å². The summed E-state index contributed by atoms with van der Waals surface area (Å²) < 4.78 is 54.0. The van der Waals surface area contributed by atoms with Gasteiger partial charge in [-0.25, -0.2) is 16.8 Å². The van der Waals surface area contributed by atoms with Gasteiger partial charge in [0.15, 0.2) is 0 Å². The van der Waals surface area contributed by atoms with Gasteiger partial charge in [-0.2, -0.15) is 0 Å². The molecule has 3 rings (SSSR count). The number of aryl methyl sites for hydroxylation is 3. The van der Waals surface area contributed by atoms with Crippen LogP contribution < -0.4 is 9.03 Å². The molecule has 27 heavy (non-hydrogen) atoms. The van der Waals surface area contributed by atoms with E-state index < -0.39 is 20.0 Å². The molecule has 146 valence electrons. The molecule has 0 atom stereocenters. The second-order valence-electron chi connectivity index (χ2n) is 6.71. The molecule has 0 saturated carbocycles. The Hall–Kier alpha value is -1.77. The smallest absolute Gasteiger partial charge is 0.262 e. The first-order valence-electron chi connectivity index (χ1n) is 8.42. The normalized spacial score (nSPS) is 16.5. The number of hydrogen-bond donors (Lipinski definition) is 1. The summed E-state index contributed by atoms with van der Waals surface area (Å²) in [6.07, 6.45) is 0.556. The molecule has 1 N–H and O–H groups in total. The van der Waals surface area contributed by atoms with E-state index in [-0.39, 0.29) is 10.6 Å². The van der Waals surface area contributed by atoms with Gasteiger partial charge in [-0.05, 0) is 68.1 Å². The molecule has 1 fully saturated rings. The maximum absolute atomic E-state index is 12.9. The van der Waals surface area contributed by atoms with Crippen molar-refractivity contribution in [1.82, 2.24) is 0 Å². The lowest BCUT2D eigenvalue weighted by atomic mass is 10.2. The molecule has 2 aromatic carbocycles. The fourth-order valence-corrected chi connectivity index (χ4v) is 6.26. The van der Waals surface area contributed by atoms with Crippen LogP contribution in [-0.2, 0) is 20.0 Å². The zero-order valence-corrected chi connectivity index (χ0v) is 17.7. The number of hydrogen-bond acceptors (Lipinski definition) is 4. The molecular weight excluding hydrogens is 408 g/mol. The second kappa shape index (κ2) is 7.00. The monoisotopic (exact) mass is 428 g/mol. The van der Waals surface area contributed by atoms with Gasteiger partial charge in [-0.15, -0.1) is 0 Å². The Labute approximate surface area is 165 Å². The Bertz CT molecular complexity index is 1110. The zero-order valence-electron chi connectivity index (χ0n) is 15.3. The fraction of sp³-hybridized carbons (Fsp3) is 0.333. The molecule has 0 radical (unpaired) electrons. The van der Waals surface area contributed by atoms with Crippen molar-refractivity contribution in [1.29, 1.82) is 0 Å². The van der Waals surface area contributed by atoms with Gasteiger partial charge in [0, 0.05) is 11.6 Å². The average Bonchev–Trinajstić information content (AvgIpc) is 2.92. The van der Waals surface area contributed by atoms with Crippen molar-refractivity contribution in [2.45, 2.75) is 32.1 Å². The molecule has 9 heteroatoms. The summed E-state index contributed by atoms with van der Waals surface area (Å²) in [6.45, 7) is 5.58. The van der Waals surface area contributed by atoms with Crippen LogP contribution in [0.25, 0.3) is 0 Å². The SMILES string of the molecule is Cc1cc(S(=O)(=O)Nc2cc(N3CCCS3(=O)=O)ccc2C)c(C)cc1Cl. The largest absolute Gasteiger partial charge is 0.279 e. The number of nitrogens with one attached hydrogen (secondary N) is 1. The topological polar surface area (TPSA) is 83.6 Å². The molecule has 0 spiro atoms. The summed E-state index contributed by atoms with van der Waals surface area (Å²) in [6, 6.07) is 8.11. The van der Waals surface area contributed by atoms with Gasteiger partial charge in [0.1, 0.15) is 0 Å². The molecule has 6 nitrogen and oxygen atoms in total. The minimum absolute atomic E-state index is 0.102. The van der Waals surface area contributed by atoms with Crippen molar-refractivity contribution >= 4 is 43.0 Å². The van der Waals surface area contributed by atoms with Crippen LogP contribution >= 0.6 is 11.6 Å². The van der Waals surface area contributed by atoms with Crippen LogP contribution in [-0.4, -0.2) is 29.1 Å². The maximum atomic E-state index is 12.9. The van der Waals surface area contributed by atoms with E-state index in [1.54, 1.807) is 45.0 Å². The third-order valence-electron chi connectivity index (χ3n) is 4.60. The van der Waals surface area contributed by atoms with E-state index >= 15 is 0 Å². The molecule has 2 aromatic rings. The van der Waals surface area contributed by atoms with Crippen molar-refractivity contribution in [3.8, 4) is 0 Å². The highest BCUT2D eigenvalue weighted by Gasteiger charge is 2.29. The molecule has 1 saturated heterocycles. The van der Waals surface area contributed by atoms with Crippen LogP contribution in [0.5, 0.6) is 0 Å². The lowest BCUT2D eigenvalue weighted by Gasteiger charge is -2.19. The molecule has 0 aliphatic carbocycles. The summed E-state index contributed by atoms with van der Waals surface area (Å²) in [7, 11) is -7.19. The summed E-state index contributed by atoms with van der Waals surface area (Å²) in [5.41, 5.74) is 2.70. The summed E-state index contributed by atoms with van der Waals surface area (Å²) in [4.78, 5) is 0.142. The first kappa shape index (κ1) is 20.0. The molecule has 0 bridgehead atoms. The lowest BCUT2D eigenvalue weighted by molar-refractivity contribution is 0.598. The highest BCUT2D eigenvalue weighted by atomic mass is 35.5. The van der Waals surface area contributed by atoms with Gasteiger partial charge >= 0.3 is 0 Å². The zero-order chi connectivity index (χ0) is 20.0. The Morgan fingerprint density at radius 1 is 1.04 bits per heavy atom. The number of halogens is 1. The minimum atomic E-state index is -3.85. The Morgan fingerprint density at radius 3 is 2.37 bits per heavy atom. The van der Waals surface area contributed by atoms with E-state index in [1.807, 2.05) is 0 Å². The Kier molecular flexibility index (Phi) is 5.18. The third-order valence-corrected chi connectivity index (χ3v) is 8.38. The lowest BCUT2D eigenvalue weighted by Crippen LogP contribution is -2.25. The average molecular weight is 429 g/mol. The van der Waals surface area contributed by atoms with Crippen LogP contribution in [0.3, 0.4) is 0 Å². The molecule has 0 aromatic heterocycles. The van der Waals surface area contributed by atoms with Gasteiger partial charge in [0.05, 0.1) is 22.0 Å². The predicted molar refractivity (Wildman–Crippen MR) is 109 cm³/mol. The maximum Gasteiger partial charge on any atom is 0.262 e. The molecule has 1 aliphatic heterocycles. The predicted octanol–water partition coefficient (Wildman–Crippen LogP) is 3.61. The van der Waals surface area contributed by atoms with Crippen LogP contribution in [0.4, 0.5) is 11.4 Å². The van der Waals surface area contributed by atoms with E-state index in [0.717, 1.165) is 0 Å². The van der Waals surface area contributed by atoms with E-state index in [0.29, 0.717) is 46.1 Å². The van der Waals surface area contributed by atoms with E-state index in [2.05, 4.69) is 4.72 Å². The highest BCUT2D eigenvalue weighted by Crippen LogP contribution is 2.31. The standard InChI is InChI=1S/C18H21ClN2O4S2/c1-12-5-6-15(21-7-4-8-26(21,22)23)11-17(12)20-27(24,25)18-10-13(2)16(19)9-14(18)3/h5-6,9-11,20H,4,7-8H2,1-3H3. The van der Waals surface area contributed by atoms with Crippen molar-refractivity contribution in [2.24, 2.45) is 0 Å². The molecule has 0 unspecified atom stereocenters.